The molecule has 0 saturated carbocycles. The highest BCUT2D eigenvalue weighted by molar-refractivity contribution is 6.75. The van der Waals surface area contributed by atoms with Crippen LogP contribution in [0.25, 0.3) is 10.8 Å². The van der Waals surface area contributed by atoms with Gasteiger partial charge < -0.3 is 57.0 Å². The molecule has 0 amide bonds. The second-order valence-corrected chi connectivity index (χ2v) is 23.7. The Hall–Kier alpha value is -4.68. The number of hydrogen-bond acceptors (Lipinski definition) is 13. The molecule has 5 aromatic rings. The molecule has 14 heteroatoms. The zero-order valence-electron chi connectivity index (χ0n) is 40.8. The summed E-state index contributed by atoms with van der Waals surface area (Å²) in [6.45, 7) is 10.8. The monoisotopic (exact) mass is 976 g/mol. The van der Waals surface area contributed by atoms with Gasteiger partial charge >= 0.3 is 5.97 Å². The summed E-state index contributed by atoms with van der Waals surface area (Å²) in [5.74, 6) is -0.870. The molecule has 3 aliphatic rings. The van der Waals surface area contributed by atoms with Crippen LogP contribution in [-0.4, -0.2) is 99.8 Å². The van der Waals surface area contributed by atoms with Crippen LogP contribution in [-0.2, 0) is 76.5 Å². The second kappa shape index (κ2) is 24.6. The van der Waals surface area contributed by atoms with Crippen LogP contribution in [0, 0.1) is 0 Å². The van der Waals surface area contributed by atoms with Crippen molar-refractivity contribution < 1.29 is 61.8 Å². The van der Waals surface area contributed by atoms with Crippen molar-refractivity contribution >= 4 is 30.8 Å². The minimum Gasteiger partial charge on any atom is -0.454 e. The molecule has 0 aromatic heterocycles. The van der Waals surface area contributed by atoms with Crippen molar-refractivity contribution in [2.75, 3.05) is 13.2 Å². The minimum atomic E-state index is -2.61. The number of aliphatic hydroxyl groups excluding tert-OH is 1. The number of Topliss-reactive ketones (excluding diaryl/α,β-unsaturated/α-hetero) is 1. The third kappa shape index (κ3) is 12.9. The Bertz CT molecular complexity index is 2400. The van der Waals surface area contributed by atoms with E-state index in [9.17, 15) is 14.7 Å². The van der Waals surface area contributed by atoms with Crippen molar-refractivity contribution in [2.45, 2.75) is 153 Å². The van der Waals surface area contributed by atoms with E-state index in [1.54, 1.807) is 0 Å². The fraction of sp³-hybridized carbons (Fsp3) is 0.464. The first kappa shape index (κ1) is 51.7. The lowest BCUT2D eigenvalue weighted by atomic mass is 9.95. The summed E-state index contributed by atoms with van der Waals surface area (Å²) in [5.41, 5.74) is 3.80. The van der Waals surface area contributed by atoms with Gasteiger partial charge in [-0.1, -0.05) is 155 Å². The van der Waals surface area contributed by atoms with Gasteiger partial charge in [0.15, 0.2) is 33.3 Å². The van der Waals surface area contributed by atoms with Crippen LogP contribution < -0.4 is 0 Å². The zero-order valence-corrected chi connectivity index (χ0v) is 41.8. The van der Waals surface area contributed by atoms with E-state index in [1.807, 2.05) is 103 Å². The number of ketones is 1. The van der Waals surface area contributed by atoms with E-state index in [1.165, 1.54) is 6.92 Å². The lowest BCUT2D eigenvalue weighted by molar-refractivity contribution is -0.388. The van der Waals surface area contributed by atoms with Gasteiger partial charge in [0.05, 0.1) is 39.5 Å². The quantitative estimate of drug-likeness (QED) is 0.0519. The predicted molar refractivity (Wildman–Crippen MR) is 265 cm³/mol. The summed E-state index contributed by atoms with van der Waals surface area (Å²) >= 11 is 0. The Morgan fingerprint density at radius 1 is 0.671 bits per heavy atom. The topological polar surface area (TPSA) is 147 Å². The van der Waals surface area contributed by atoms with Gasteiger partial charge in [-0.15, -0.1) is 0 Å². The number of esters is 1. The summed E-state index contributed by atoms with van der Waals surface area (Å²) in [4.78, 5) is 25.4. The number of carbonyl (C=O) groups is 2. The van der Waals surface area contributed by atoms with E-state index in [0.717, 1.165) is 45.1 Å². The van der Waals surface area contributed by atoms with Crippen LogP contribution in [0.3, 0.4) is 0 Å². The number of benzene rings is 5. The normalized spacial score (nSPS) is 27.0. The van der Waals surface area contributed by atoms with Gasteiger partial charge in [-0.2, -0.15) is 0 Å². The molecule has 11 atom stereocenters. The second-order valence-electron chi connectivity index (χ2n) is 18.8. The van der Waals surface area contributed by atoms with Gasteiger partial charge in [-0.25, -0.2) is 0 Å². The molecule has 0 spiro atoms. The average molecular weight is 977 g/mol. The molecule has 3 heterocycles. The van der Waals surface area contributed by atoms with Gasteiger partial charge in [0.2, 0.25) is 0 Å². The number of carbonyl (C=O) groups excluding carboxylic acids is 2. The largest absolute Gasteiger partial charge is 0.454 e. The maximum absolute atomic E-state index is 13.5. The van der Waals surface area contributed by atoms with Crippen molar-refractivity contribution in [1.29, 1.82) is 0 Å². The van der Waals surface area contributed by atoms with Crippen LogP contribution in [0.4, 0.5) is 0 Å². The Morgan fingerprint density at radius 2 is 1.30 bits per heavy atom. The van der Waals surface area contributed by atoms with Gasteiger partial charge in [0.25, 0.3) is 0 Å². The number of rotatable bonds is 22. The number of fused-ring (bicyclic) bond motifs is 2. The summed E-state index contributed by atoms with van der Waals surface area (Å²) in [5, 5.41) is 14.0. The SMILES string of the molecule is CC[Si](CC)(O[C@@H]1[C@H](O[C@H]2[C@H](OCc3ccccc3)[C@H](OC(=O)CCC(C)=O)[C@@H](O)O[C@@H]2COCc2ccccc2)O[C@@H]2COC(c3ccccc3)O[C@H]2[C@@H]1OCc1ccc2ccccc2c1)C(C)C. The first-order valence-electron chi connectivity index (χ1n) is 24.7. The molecule has 0 aliphatic carbocycles. The third-order valence-electron chi connectivity index (χ3n) is 13.8. The zero-order chi connectivity index (χ0) is 49.0. The lowest BCUT2D eigenvalue weighted by Gasteiger charge is -2.53. The fourth-order valence-electron chi connectivity index (χ4n) is 9.70. The molecule has 374 valence electrons. The van der Waals surface area contributed by atoms with Crippen molar-refractivity contribution in [2.24, 2.45) is 0 Å². The molecule has 8 rings (SSSR count). The molecule has 1 unspecified atom stereocenters. The molecule has 13 nitrogen and oxygen atoms in total. The summed E-state index contributed by atoms with van der Waals surface area (Å²) in [6.07, 6.45) is -11.3. The Morgan fingerprint density at radius 3 is 1.97 bits per heavy atom. The van der Waals surface area contributed by atoms with Crippen LogP contribution in [0.2, 0.25) is 17.6 Å². The van der Waals surface area contributed by atoms with Crippen LogP contribution in [0.5, 0.6) is 0 Å². The lowest BCUT2D eigenvalue weighted by Crippen LogP contribution is -2.68. The van der Waals surface area contributed by atoms with Gasteiger partial charge in [0, 0.05) is 12.0 Å². The molecule has 5 aromatic carbocycles. The number of aliphatic hydroxyl groups is 1. The van der Waals surface area contributed by atoms with E-state index in [2.05, 4.69) is 58.0 Å². The van der Waals surface area contributed by atoms with Gasteiger partial charge in [-0.05, 0) is 58.1 Å². The highest BCUT2D eigenvalue weighted by Crippen LogP contribution is 2.42. The molecule has 3 aliphatic heterocycles. The first-order valence-corrected chi connectivity index (χ1v) is 27.1. The number of ether oxygens (including phenoxy) is 9. The van der Waals surface area contributed by atoms with Crippen LogP contribution in [0.1, 0.15) is 76.0 Å². The number of hydrogen-bond donors (Lipinski definition) is 1. The van der Waals surface area contributed by atoms with Crippen molar-refractivity contribution in [1.82, 2.24) is 0 Å². The van der Waals surface area contributed by atoms with Crippen molar-refractivity contribution in [3.63, 3.8) is 0 Å². The molecule has 0 bridgehead atoms. The Kier molecular flexibility index (Phi) is 18.2. The van der Waals surface area contributed by atoms with Crippen LogP contribution >= 0.6 is 0 Å². The maximum Gasteiger partial charge on any atom is 0.306 e. The van der Waals surface area contributed by atoms with E-state index in [-0.39, 0.29) is 57.2 Å². The molecule has 1 N–H and O–H groups in total. The van der Waals surface area contributed by atoms with Crippen molar-refractivity contribution in [3.8, 4) is 0 Å². The van der Waals surface area contributed by atoms with Gasteiger partial charge in [0.1, 0.15) is 48.5 Å². The molecule has 70 heavy (non-hydrogen) atoms. The first-order chi connectivity index (χ1) is 34.0. The van der Waals surface area contributed by atoms with E-state index in [4.69, 9.17) is 47.1 Å². The van der Waals surface area contributed by atoms with E-state index >= 15 is 0 Å². The highest BCUT2D eigenvalue weighted by Gasteiger charge is 2.57. The van der Waals surface area contributed by atoms with E-state index in [0.29, 0.717) is 0 Å². The standard InChI is InChI=1S/C56H68O13Si/c1-6-70(7-2,37(3)4)69-53-51(62-34-41-28-29-42-23-17-18-26-44(42)31-41)49-46(36-63-55(67-49)43-24-15-10-16-25-43)65-56(53)68-48-45(35-60-32-39-19-11-8-12-20-39)64-54(59)52(66-47(58)30-27-38(5)57)50(48)61-33-40-21-13-9-14-22-40/h8-26,28-29,31,37,45-46,48-56,59H,6-7,27,30,32-36H2,1-5H3/t45-,46-,48-,49-,50+,51+,52+,53+,54+,55?,56+/m1/s1. The summed E-state index contributed by atoms with van der Waals surface area (Å²) in [6, 6.07) is 45.2. The van der Waals surface area contributed by atoms with E-state index < -0.39 is 82.0 Å². The van der Waals surface area contributed by atoms with Crippen LogP contribution in [0.15, 0.2) is 133 Å². The minimum absolute atomic E-state index is 0.0301. The highest BCUT2D eigenvalue weighted by atomic mass is 28.4. The molecule has 3 saturated heterocycles. The molecular weight excluding hydrogens is 909 g/mol. The molecular formula is C56H68O13Si. The summed E-state index contributed by atoms with van der Waals surface area (Å²) in [7, 11) is -2.61. The Labute approximate surface area is 412 Å². The molecule has 3 fully saturated rings. The fourth-order valence-corrected chi connectivity index (χ4v) is 13.2. The summed E-state index contributed by atoms with van der Waals surface area (Å²) < 4.78 is 68.0. The maximum atomic E-state index is 13.5. The predicted octanol–water partition coefficient (Wildman–Crippen LogP) is 9.53. The smallest absolute Gasteiger partial charge is 0.306 e. The third-order valence-corrected chi connectivity index (χ3v) is 19.0. The van der Waals surface area contributed by atoms with Crippen molar-refractivity contribution in [3.05, 3.63) is 156 Å². The molecule has 0 radical (unpaired) electrons. The van der Waals surface area contributed by atoms with Gasteiger partial charge in [-0.3, -0.25) is 4.79 Å². The average Bonchev–Trinajstić information content (AvgIpc) is 3.38. The Balaban J connectivity index is 1.19.